The maximum absolute atomic E-state index is 11.6. The molecule has 0 N–H and O–H groups in total. The molecule has 0 aliphatic carbocycles. The summed E-state index contributed by atoms with van der Waals surface area (Å²) in [6.45, 7) is 1.71. The quantitative estimate of drug-likeness (QED) is 0.600. The number of rotatable bonds is 2. The molecule has 0 spiro atoms. The first-order valence-electron chi connectivity index (χ1n) is 6.34. The average Bonchev–Trinajstić information content (AvgIpc) is 3.12. The number of aliphatic imine (C=N–C) groups is 1. The van der Waals surface area contributed by atoms with Gasteiger partial charge in [0.15, 0.2) is 8.82 Å². The normalized spacial score (nSPS) is 28.8. The van der Waals surface area contributed by atoms with Crippen LogP contribution < -0.4 is 0 Å². The van der Waals surface area contributed by atoms with Crippen LogP contribution in [0.4, 0.5) is 0 Å². The van der Waals surface area contributed by atoms with E-state index in [1.807, 2.05) is 0 Å². The largest absolute Gasteiger partial charge is 0.340 e. The van der Waals surface area contributed by atoms with Gasteiger partial charge in [-0.25, -0.2) is 0 Å². The van der Waals surface area contributed by atoms with Gasteiger partial charge in [-0.05, 0) is 34.5 Å². The zero-order chi connectivity index (χ0) is 13.7. The Bertz CT molecular complexity index is 729. The number of thiophene rings is 1. The maximum Gasteiger partial charge on any atom is 0.161 e. The SMILES string of the molecule is O=CC1(Br)SC2=NCCN2C1c1ccc2sccc2c1. The highest BCUT2D eigenvalue weighted by atomic mass is 79.9. The lowest BCUT2D eigenvalue weighted by Gasteiger charge is -2.28. The Balaban J connectivity index is 1.85. The van der Waals surface area contributed by atoms with Crippen LogP contribution in [0, 0.1) is 0 Å². The molecule has 0 amide bonds. The Labute approximate surface area is 133 Å². The predicted molar refractivity (Wildman–Crippen MR) is 88.9 cm³/mol. The number of halogens is 1. The van der Waals surface area contributed by atoms with Crippen molar-refractivity contribution in [1.29, 1.82) is 0 Å². The fourth-order valence-corrected chi connectivity index (χ4v) is 5.72. The second-order valence-electron chi connectivity index (χ2n) is 4.90. The summed E-state index contributed by atoms with van der Waals surface area (Å²) < 4.78 is 0.650. The van der Waals surface area contributed by atoms with Crippen LogP contribution in [0.25, 0.3) is 10.1 Å². The lowest BCUT2D eigenvalue weighted by atomic mass is 10.0. The molecule has 1 aromatic heterocycles. The highest BCUT2D eigenvalue weighted by Gasteiger charge is 2.52. The van der Waals surface area contributed by atoms with Crippen molar-refractivity contribution in [2.75, 3.05) is 13.1 Å². The zero-order valence-corrected chi connectivity index (χ0v) is 13.7. The highest BCUT2D eigenvalue weighted by molar-refractivity contribution is 9.12. The van der Waals surface area contributed by atoms with Gasteiger partial charge < -0.3 is 9.69 Å². The van der Waals surface area contributed by atoms with Crippen molar-refractivity contribution in [3.05, 3.63) is 35.2 Å². The van der Waals surface area contributed by atoms with Crippen LogP contribution in [0.15, 0.2) is 34.6 Å². The van der Waals surface area contributed by atoms with E-state index in [0.717, 1.165) is 24.5 Å². The third kappa shape index (κ3) is 1.78. The molecular weight excluding hydrogens is 356 g/mol. The Morgan fingerprint density at radius 3 is 3.20 bits per heavy atom. The molecule has 0 radical (unpaired) electrons. The molecule has 6 heteroatoms. The van der Waals surface area contributed by atoms with Crippen LogP contribution in [-0.2, 0) is 4.79 Å². The van der Waals surface area contributed by atoms with E-state index < -0.39 is 3.66 Å². The van der Waals surface area contributed by atoms with Crippen LogP contribution >= 0.6 is 39.0 Å². The van der Waals surface area contributed by atoms with Crippen LogP contribution in [0.3, 0.4) is 0 Å². The first kappa shape index (κ1) is 12.9. The van der Waals surface area contributed by atoms with Gasteiger partial charge in [0, 0.05) is 11.2 Å². The second kappa shape index (κ2) is 4.58. The summed E-state index contributed by atoms with van der Waals surface area (Å²) >= 11 is 6.89. The smallest absolute Gasteiger partial charge is 0.161 e. The van der Waals surface area contributed by atoms with Gasteiger partial charge in [-0.3, -0.25) is 4.99 Å². The van der Waals surface area contributed by atoms with Crippen LogP contribution in [0.1, 0.15) is 11.6 Å². The lowest BCUT2D eigenvalue weighted by Crippen LogP contribution is -2.33. The molecule has 1 fully saturated rings. The van der Waals surface area contributed by atoms with Gasteiger partial charge in [-0.15, -0.1) is 11.3 Å². The Morgan fingerprint density at radius 2 is 2.35 bits per heavy atom. The molecule has 2 aliphatic rings. The predicted octanol–water partition coefficient (Wildman–Crippen LogP) is 3.65. The van der Waals surface area contributed by atoms with Gasteiger partial charge in [0.25, 0.3) is 0 Å². The number of hydrogen-bond donors (Lipinski definition) is 0. The monoisotopic (exact) mass is 366 g/mol. The van der Waals surface area contributed by atoms with Crippen molar-refractivity contribution in [3.63, 3.8) is 0 Å². The summed E-state index contributed by atoms with van der Waals surface area (Å²) in [4.78, 5) is 18.3. The van der Waals surface area contributed by atoms with Crippen molar-refractivity contribution in [1.82, 2.24) is 4.90 Å². The topological polar surface area (TPSA) is 32.7 Å². The van der Waals surface area contributed by atoms with E-state index in [9.17, 15) is 4.79 Å². The van der Waals surface area contributed by atoms with Gasteiger partial charge in [0.05, 0.1) is 12.6 Å². The third-order valence-electron chi connectivity index (χ3n) is 3.72. The number of thioether (sulfide) groups is 1. The summed E-state index contributed by atoms with van der Waals surface area (Å²) in [6.07, 6.45) is 1.00. The fraction of sp³-hybridized carbons (Fsp3) is 0.286. The molecule has 2 atom stereocenters. The number of hydrogen-bond acceptors (Lipinski definition) is 5. The molecule has 4 rings (SSSR count). The van der Waals surface area contributed by atoms with Crippen molar-refractivity contribution in [3.8, 4) is 0 Å². The van der Waals surface area contributed by atoms with E-state index in [1.54, 1.807) is 11.3 Å². The van der Waals surface area contributed by atoms with Gasteiger partial charge in [-0.1, -0.05) is 33.8 Å². The zero-order valence-electron chi connectivity index (χ0n) is 10.5. The minimum Gasteiger partial charge on any atom is -0.340 e. The number of benzene rings is 1. The molecule has 2 aliphatic heterocycles. The standard InChI is InChI=1S/C14H11BrN2OS2/c15-14(8-18)12(17-5-4-16-13(17)20-14)10-1-2-11-9(7-10)3-6-19-11/h1-3,6-8,12H,4-5H2. The molecule has 3 nitrogen and oxygen atoms in total. The molecular formula is C14H11BrN2OS2. The number of nitrogens with zero attached hydrogens (tertiary/aromatic N) is 2. The minimum absolute atomic E-state index is 0.00977. The number of aldehydes is 1. The summed E-state index contributed by atoms with van der Waals surface area (Å²) in [6, 6.07) is 8.60. The van der Waals surface area contributed by atoms with E-state index in [1.165, 1.54) is 27.4 Å². The Hall–Kier alpha value is -0.850. The number of carbonyl (C=O) groups is 1. The molecule has 1 aromatic carbocycles. The number of carbonyl (C=O) groups excluding carboxylic acids is 1. The van der Waals surface area contributed by atoms with Gasteiger partial charge in [0.1, 0.15) is 6.29 Å². The van der Waals surface area contributed by atoms with E-state index in [-0.39, 0.29) is 6.04 Å². The molecule has 1 saturated heterocycles. The molecule has 2 unspecified atom stereocenters. The first-order chi connectivity index (χ1) is 9.71. The maximum atomic E-state index is 11.6. The summed E-state index contributed by atoms with van der Waals surface area (Å²) in [5, 5.41) is 4.31. The molecule has 102 valence electrons. The van der Waals surface area contributed by atoms with Crippen LogP contribution in [0.5, 0.6) is 0 Å². The molecule has 20 heavy (non-hydrogen) atoms. The van der Waals surface area contributed by atoms with E-state index in [0.29, 0.717) is 0 Å². The van der Waals surface area contributed by atoms with E-state index >= 15 is 0 Å². The number of fused-ring (bicyclic) bond motifs is 2. The van der Waals surface area contributed by atoms with Gasteiger partial charge >= 0.3 is 0 Å². The van der Waals surface area contributed by atoms with Crippen molar-refractivity contribution in [2.24, 2.45) is 4.99 Å². The molecule has 3 heterocycles. The van der Waals surface area contributed by atoms with Crippen LogP contribution in [0.2, 0.25) is 0 Å². The Kier molecular flexibility index (Phi) is 2.94. The lowest BCUT2D eigenvalue weighted by molar-refractivity contribution is -0.108. The first-order valence-corrected chi connectivity index (χ1v) is 8.83. The van der Waals surface area contributed by atoms with Crippen LogP contribution in [-0.4, -0.2) is 33.1 Å². The fourth-order valence-electron chi connectivity index (χ4n) is 2.83. The third-order valence-corrected chi connectivity index (χ3v) is 6.90. The number of amidine groups is 1. The molecule has 2 aromatic rings. The average molecular weight is 367 g/mol. The highest BCUT2D eigenvalue weighted by Crippen LogP contribution is 2.54. The van der Waals surface area contributed by atoms with E-state index in [4.69, 9.17) is 0 Å². The molecule has 0 saturated carbocycles. The summed E-state index contributed by atoms with van der Waals surface area (Å²) in [5.74, 6) is 0. The Morgan fingerprint density at radius 1 is 1.45 bits per heavy atom. The van der Waals surface area contributed by atoms with Crippen molar-refractivity contribution in [2.45, 2.75) is 9.70 Å². The van der Waals surface area contributed by atoms with Crippen molar-refractivity contribution >= 4 is 60.6 Å². The summed E-state index contributed by atoms with van der Waals surface area (Å²) in [5.41, 5.74) is 1.17. The second-order valence-corrected chi connectivity index (χ2v) is 8.93. The van der Waals surface area contributed by atoms with Gasteiger partial charge in [-0.2, -0.15) is 0 Å². The molecule has 0 bridgehead atoms. The summed E-state index contributed by atoms with van der Waals surface area (Å²) in [7, 11) is 0. The van der Waals surface area contributed by atoms with E-state index in [2.05, 4.69) is 55.5 Å². The van der Waals surface area contributed by atoms with Crippen molar-refractivity contribution < 1.29 is 4.79 Å². The number of alkyl halides is 1. The van der Waals surface area contributed by atoms with Gasteiger partial charge in [0.2, 0.25) is 0 Å². The minimum atomic E-state index is -0.629.